The maximum atomic E-state index is 9.82. The van der Waals surface area contributed by atoms with Crippen LogP contribution in [0.25, 0.3) is 0 Å². The van der Waals surface area contributed by atoms with Crippen molar-refractivity contribution in [3.63, 3.8) is 0 Å². The van der Waals surface area contributed by atoms with Crippen LogP contribution in [-0.2, 0) is 0 Å². The molecular formula is C11H19N3O. The highest BCUT2D eigenvalue weighted by Gasteiger charge is 2.16. The van der Waals surface area contributed by atoms with Crippen molar-refractivity contribution >= 4 is 11.5 Å². The van der Waals surface area contributed by atoms with Gasteiger partial charge in [0, 0.05) is 31.5 Å². The van der Waals surface area contributed by atoms with E-state index in [1.165, 1.54) is 0 Å². The minimum atomic E-state index is -0.664. The number of hydrogen-bond acceptors (Lipinski definition) is 4. The molecule has 0 fully saturated rings. The van der Waals surface area contributed by atoms with Gasteiger partial charge in [0.2, 0.25) is 0 Å². The lowest BCUT2D eigenvalue weighted by Crippen LogP contribution is -2.32. The first-order chi connectivity index (χ1) is 7.07. The number of aliphatic hydroxyl groups is 1. The van der Waals surface area contributed by atoms with Crippen LogP contribution >= 0.6 is 0 Å². The zero-order chi connectivity index (χ0) is 11.3. The maximum absolute atomic E-state index is 9.82. The molecule has 3 N–H and O–H groups in total. The van der Waals surface area contributed by atoms with E-state index >= 15 is 0 Å². The minimum Gasteiger partial charge on any atom is -0.388 e. The molecule has 0 bridgehead atoms. The highest BCUT2D eigenvalue weighted by Crippen LogP contribution is 2.14. The van der Waals surface area contributed by atoms with Crippen molar-refractivity contribution in [2.24, 2.45) is 0 Å². The summed E-state index contributed by atoms with van der Waals surface area (Å²) < 4.78 is 0. The molecule has 1 atom stereocenters. The normalized spacial score (nSPS) is 14.4. The molecule has 1 aromatic rings. The smallest absolute Gasteiger partial charge is 0.127 e. The Hall–Kier alpha value is -1.29. The average molecular weight is 209 g/mol. The third-order valence-corrected chi connectivity index (χ3v) is 2.45. The van der Waals surface area contributed by atoms with Crippen LogP contribution in [0.4, 0.5) is 11.5 Å². The van der Waals surface area contributed by atoms with Gasteiger partial charge in [-0.3, -0.25) is 0 Å². The number of anilines is 2. The summed E-state index contributed by atoms with van der Waals surface area (Å²) in [5.74, 6) is 0.816. The molecule has 4 nitrogen and oxygen atoms in total. The van der Waals surface area contributed by atoms with Crippen molar-refractivity contribution in [2.45, 2.75) is 25.9 Å². The summed E-state index contributed by atoms with van der Waals surface area (Å²) in [6, 6.07) is 3.79. The Balaban J connectivity index is 2.57. The van der Waals surface area contributed by atoms with E-state index in [2.05, 4.69) is 15.6 Å². The van der Waals surface area contributed by atoms with Gasteiger partial charge < -0.3 is 15.7 Å². The fraction of sp³-hybridized carbons (Fsp3) is 0.545. The minimum absolute atomic E-state index is 0.538. The van der Waals surface area contributed by atoms with E-state index in [-0.39, 0.29) is 0 Å². The number of hydrogen-bond donors (Lipinski definition) is 3. The van der Waals surface area contributed by atoms with E-state index in [0.717, 1.165) is 17.9 Å². The van der Waals surface area contributed by atoms with E-state index in [0.29, 0.717) is 6.54 Å². The van der Waals surface area contributed by atoms with Crippen LogP contribution < -0.4 is 10.6 Å². The first-order valence-corrected chi connectivity index (χ1v) is 5.17. The van der Waals surface area contributed by atoms with Crippen LogP contribution in [0.2, 0.25) is 0 Å². The van der Waals surface area contributed by atoms with Gasteiger partial charge in [0.05, 0.1) is 5.60 Å². The predicted molar refractivity (Wildman–Crippen MR) is 63.2 cm³/mol. The Bertz CT molecular complexity index is 312. The lowest BCUT2D eigenvalue weighted by molar-refractivity contribution is 0.0697. The zero-order valence-corrected chi connectivity index (χ0v) is 9.54. The van der Waals surface area contributed by atoms with Crippen LogP contribution in [0.1, 0.15) is 20.3 Å². The Labute approximate surface area is 90.7 Å². The Morgan fingerprint density at radius 1 is 1.53 bits per heavy atom. The van der Waals surface area contributed by atoms with Gasteiger partial charge in [0.25, 0.3) is 0 Å². The molecule has 0 aromatic carbocycles. The van der Waals surface area contributed by atoms with E-state index < -0.39 is 5.60 Å². The van der Waals surface area contributed by atoms with Crippen LogP contribution in [0.5, 0.6) is 0 Å². The fourth-order valence-corrected chi connectivity index (χ4v) is 1.09. The number of nitrogens with one attached hydrogen (secondary N) is 2. The summed E-state index contributed by atoms with van der Waals surface area (Å²) in [6.07, 6.45) is 2.46. The SMILES string of the molecule is CCC(C)(O)CNc1ccnc(NC)c1. The summed E-state index contributed by atoms with van der Waals surface area (Å²) in [4.78, 5) is 4.11. The van der Waals surface area contributed by atoms with Crippen molar-refractivity contribution in [3.05, 3.63) is 18.3 Å². The van der Waals surface area contributed by atoms with Crippen LogP contribution in [0.15, 0.2) is 18.3 Å². The molecule has 0 aliphatic carbocycles. The van der Waals surface area contributed by atoms with Gasteiger partial charge in [-0.2, -0.15) is 0 Å². The predicted octanol–water partition coefficient (Wildman–Crippen LogP) is 1.70. The quantitative estimate of drug-likeness (QED) is 0.691. The van der Waals surface area contributed by atoms with Gasteiger partial charge in [0.15, 0.2) is 0 Å². The third-order valence-electron chi connectivity index (χ3n) is 2.45. The number of aromatic nitrogens is 1. The molecule has 0 saturated carbocycles. The van der Waals surface area contributed by atoms with E-state index in [9.17, 15) is 5.11 Å². The topological polar surface area (TPSA) is 57.2 Å². The molecule has 0 saturated heterocycles. The summed E-state index contributed by atoms with van der Waals surface area (Å²) in [6.45, 7) is 4.32. The van der Waals surface area contributed by atoms with E-state index in [4.69, 9.17) is 0 Å². The second-order valence-electron chi connectivity index (χ2n) is 3.88. The molecule has 0 radical (unpaired) electrons. The van der Waals surface area contributed by atoms with Crippen molar-refractivity contribution in [1.29, 1.82) is 0 Å². The van der Waals surface area contributed by atoms with Gasteiger partial charge in [-0.1, -0.05) is 6.92 Å². The first-order valence-electron chi connectivity index (χ1n) is 5.17. The molecule has 0 aliphatic heterocycles. The van der Waals surface area contributed by atoms with Crippen molar-refractivity contribution in [1.82, 2.24) is 4.98 Å². The summed E-state index contributed by atoms with van der Waals surface area (Å²) >= 11 is 0. The van der Waals surface area contributed by atoms with E-state index in [1.807, 2.05) is 33.0 Å². The molecule has 1 heterocycles. The molecule has 1 rings (SSSR count). The average Bonchev–Trinajstić information content (AvgIpc) is 2.27. The van der Waals surface area contributed by atoms with Gasteiger partial charge in [-0.15, -0.1) is 0 Å². The Morgan fingerprint density at radius 2 is 2.27 bits per heavy atom. The number of rotatable bonds is 5. The van der Waals surface area contributed by atoms with Gasteiger partial charge in [-0.25, -0.2) is 4.98 Å². The number of nitrogens with zero attached hydrogens (tertiary/aromatic N) is 1. The monoisotopic (exact) mass is 209 g/mol. The van der Waals surface area contributed by atoms with Crippen molar-refractivity contribution in [2.75, 3.05) is 24.2 Å². The van der Waals surface area contributed by atoms with Crippen LogP contribution in [0, 0.1) is 0 Å². The summed E-state index contributed by atoms with van der Waals surface area (Å²) in [5, 5.41) is 16.0. The standard InChI is InChI=1S/C11H19N3O/c1-4-11(2,15)8-14-9-5-6-13-10(7-9)12-3/h5-7,15H,4,8H2,1-3H3,(H2,12,13,14). The zero-order valence-electron chi connectivity index (χ0n) is 9.54. The lowest BCUT2D eigenvalue weighted by Gasteiger charge is -2.22. The second-order valence-corrected chi connectivity index (χ2v) is 3.88. The van der Waals surface area contributed by atoms with Crippen molar-refractivity contribution in [3.8, 4) is 0 Å². The lowest BCUT2D eigenvalue weighted by atomic mass is 10.0. The molecule has 0 aliphatic rings. The van der Waals surface area contributed by atoms with Gasteiger partial charge in [-0.05, 0) is 19.4 Å². The highest BCUT2D eigenvalue weighted by atomic mass is 16.3. The van der Waals surface area contributed by atoms with Gasteiger partial charge in [0.1, 0.15) is 5.82 Å². The van der Waals surface area contributed by atoms with Crippen LogP contribution in [-0.4, -0.2) is 29.3 Å². The Kier molecular flexibility index (Phi) is 3.91. The molecule has 4 heteroatoms. The molecule has 15 heavy (non-hydrogen) atoms. The maximum Gasteiger partial charge on any atom is 0.127 e. The Morgan fingerprint density at radius 3 is 2.87 bits per heavy atom. The molecule has 0 amide bonds. The fourth-order valence-electron chi connectivity index (χ4n) is 1.09. The van der Waals surface area contributed by atoms with Gasteiger partial charge >= 0.3 is 0 Å². The largest absolute Gasteiger partial charge is 0.388 e. The highest BCUT2D eigenvalue weighted by molar-refractivity contribution is 5.51. The van der Waals surface area contributed by atoms with E-state index in [1.54, 1.807) is 6.20 Å². The molecular weight excluding hydrogens is 190 g/mol. The molecule has 0 spiro atoms. The molecule has 1 unspecified atom stereocenters. The first kappa shape index (κ1) is 11.8. The summed E-state index contributed by atoms with van der Waals surface area (Å²) in [7, 11) is 1.83. The third kappa shape index (κ3) is 3.75. The van der Waals surface area contributed by atoms with Crippen molar-refractivity contribution < 1.29 is 5.11 Å². The molecule has 1 aromatic heterocycles. The second kappa shape index (κ2) is 4.98. The number of pyridine rings is 1. The van der Waals surface area contributed by atoms with Crippen LogP contribution in [0.3, 0.4) is 0 Å². The molecule has 84 valence electrons. The summed E-state index contributed by atoms with van der Waals surface area (Å²) in [5.41, 5.74) is 0.298.